The predicted octanol–water partition coefficient (Wildman–Crippen LogP) is 9.05. The van der Waals surface area contributed by atoms with Crippen molar-refractivity contribution >= 4 is 79.5 Å². The summed E-state index contributed by atoms with van der Waals surface area (Å²) in [6.07, 6.45) is 4.09. The molecule has 54 heavy (non-hydrogen) atoms. The van der Waals surface area contributed by atoms with Crippen LogP contribution in [0.2, 0.25) is 10.0 Å². The van der Waals surface area contributed by atoms with Crippen molar-refractivity contribution in [3.05, 3.63) is 131 Å². The first-order valence-corrected chi connectivity index (χ1v) is 19.0. The maximum absolute atomic E-state index is 13.8. The van der Waals surface area contributed by atoms with Gasteiger partial charge < -0.3 is 12.6 Å². The van der Waals surface area contributed by atoms with E-state index in [-0.39, 0.29) is 20.6 Å². The third-order valence-corrected chi connectivity index (χ3v) is 9.97. The zero-order valence-corrected chi connectivity index (χ0v) is 31.2. The van der Waals surface area contributed by atoms with Gasteiger partial charge in [-0.2, -0.15) is 15.2 Å². The van der Waals surface area contributed by atoms with Gasteiger partial charge in [-0.1, -0.05) is 65.7 Å². The Labute approximate surface area is 323 Å². The number of H-pyrrole nitrogens is 2. The molecule has 0 aliphatic rings. The van der Waals surface area contributed by atoms with Crippen LogP contribution >= 0.6 is 35.0 Å². The standard InChI is InChI=1S/C17H9ClF2N4S.C12H9ClN4O2S.C6H4F2S/c18-12-4-2-1-3-10(12)15-11-8-21-17(22-16(11)24-23-15)25-14-6-5-9(19)7-13(14)20;1-20(18,19)12-14-6-8-10(16-17-11(8)15-12)7-4-2-3-5-9(7)13;7-4-1-2-6(9)5(8)3-4/h1-8H,(H,21,22,23,24);2-6H,1H3,(H,14,15,16,17);1-3,9H/p-1. The van der Waals surface area contributed by atoms with Crippen molar-refractivity contribution < 1.29 is 26.0 Å². The molecule has 4 heterocycles. The molecule has 0 unspecified atom stereocenters. The summed E-state index contributed by atoms with van der Waals surface area (Å²) in [5.41, 5.74) is 3.65. The molecular formula is C35H21Cl2F4N8O2S3-. The summed E-state index contributed by atoms with van der Waals surface area (Å²) < 4.78 is 73.9. The Balaban J connectivity index is 0.000000153. The van der Waals surface area contributed by atoms with Crippen molar-refractivity contribution in [3.8, 4) is 22.5 Å². The van der Waals surface area contributed by atoms with Crippen LogP contribution in [0.15, 0.2) is 117 Å². The van der Waals surface area contributed by atoms with E-state index in [1.807, 2.05) is 36.4 Å². The Morgan fingerprint density at radius 3 is 1.72 bits per heavy atom. The van der Waals surface area contributed by atoms with Crippen molar-refractivity contribution in [2.24, 2.45) is 0 Å². The van der Waals surface area contributed by atoms with Gasteiger partial charge in [0, 0.05) is 52.0 Å². The largest absolute Gasteiger partial charge is 0.777 e. The van der Waals surface area contributed by atoms with Gasteiger partial charge in [0.15, 0.2) is 16.5 Å². The van der Waals surface area contributed by atoms with Crippen LogP contribution < -0.4 is 0 Å². The second kappa shape index (κ2) is 16.4. The molecule has 0 atom stereocenters. The van der Waals surface area contributed by atoms with Gasteiger partial charge in [0.1, 0.15) is 23.3 Å². The van der Waals surface area contributed by atoms with E-state index in [0.717, 1.165) is 47.3 Å². The Morgan fingerprint density at radius 2 is 1.20 bits per heavy atom. The number of benzene rings is 4. The molecule has 0 radical (unpaired) electrons. The minimum absolute atomic E-state index is 0.0522. The molecule has 0 saturated carbocycles. The van der Waals surface area contributed by atoms with E-state index in [0.29, 0.717) is 43.0 Å². The summed E-state index contributed by atoms with van der Waals surface area (Å²) in [7, 11) is -3.46. The van der Waals surface area contributed by atoms with Gasteiger partial charge >= 0.3 is 0 Å². The van der Waals surface area contributed by atoms with Crippen molar-refractivity contribution in [3.63, 3.8) is 0 Å². The number of aromatic nitrogens is 8. The quantitative estimate of drug-likeness (QED) is 0.0980. The van der Waals surface area contributed by atoms with Gasteiger partial charge in [-0.15, -0.1) is 4.90 Å². The van der Waals surface area contributed by atoms with Crippen molar-refractivity contribution in [2.45, 2.75) is 20.1 Å². The number of nitrogens with one attached hydrogen (secondary N) is 2. The second-order valence-electron chi connectivity index (χ2n) is 11.0. The maximum atomic E-state index is 13.8. The van der Waals surface area contributed by atoms with Gasteiger partial charge in [0.25, 0.3) is 0 Å². The summed E-state index contributed by atoms with van der Waals surface area (Å²) in [5, 5.41) is 16.4. The molecule has 19 heteroatoms. The second-order valence-corrected chi connectivity index (χ2v) is 15.1. The van der Waals surface area contributed by atoms with Crippen LogP contribution in [0, 0.1) is 23.3 Å². The lowest BCUT2D eigenvalue weighted by Crippen LogP contribution is -2.03. The van der Waals surface area contributed by atoms with Gasteiger partial charge in [0.05, 0.1) is 27.1 Å². The summed E-state index contributed by atoms with van der Waals surface area (Å²) >= 11 is 17.8. The predicted molar refractivity (Wildman–Crippen MR) is 200 cm³/mol. The van der Waals surface area contributed by atoms with E-state index in [9.17, 15) is 26.0 Å². The Bertz CT molecular complexity index is 2750. The van der Waals surface area contributed by atoms with E-state index in [2.05, 4.69) is 53.0 Å². The monoisotopic (exact) mass is 827 g/mol. The molecule has 0 saturated heterocycles. The lowest BCUT2D eigenvalue weighted by molar-refractivity contribution is 0.565. The molecule has 8 aromatic rings. The lowest BCUT2D eigenvalue weighted by atomic mass is 10.1. The zero-order chi connectivity index (χ0) is 38.6. The number of hydrogen-bond acceptors (Lipinski definition) is 10. The molecule has 4 aromatic carbocycles. The molecular weight excluding hydrogens is 808 g/mol. The number of rotatable bonds is 5. The molecule has 0 aliphatic carbocycles. The highest BCUT2D eigenvalue weighted by atomic mass is 35.5. The highest BCUT2D eigenvalue weighted by Crippen LogP contribution is 2.33. The third kappa shape index (κ3) is 8.94. The van der Waals surface area contributed by atoms with Crippen LogP contribution in [-0.4, -0.2) is 55.0 Å². The summed E-state index contributed by atoms with van der Waals surface area (Å²) in [6.45, 7) is 0. The first-order valence-electron chi connectivity index (χ1n) is 15.2. The molecule has 8 rings (SSSR count). The smallest absolute Gasteiger partial charge is 0.248 e. The number of sulfone groups is 1. The zero-order valence-electron chi connectivity index (χ0n) is 27.2. The van der Waals surface area contributed by atoms with Crippen molar-refractivity contribution in [2.75, 3.05) is 6.26 Å². The minimum Gasteiger partial charge on any atom is -0.777 e. The molecule has 274 valence electrons. The summed E-state index contributed by atoms with van der Waals surface area (Å²) in [6, 6.07) is 21.1. The molecule has 0 amide bonds. The number of nitrogens with zero attached hydrogens (tertiary/aromatic N) is 6. The highest BCUT2D eigenvalue weighted by Gasteiger charge is 2.17. The lowest BCUT2D eigenvalue weighted by Gasteiger charge is -2.04. The number of hydrogen-bond donors (Lipinski definition) is 2. The molecule has 0 bridgehead atoms. The Morgan fingerprint density at radius 1 is 0.685 bits per heavy atom. The van der Waals surface area contributed by atoms with Crippen LogP contribution in [0.1, 0.15) is 0 Å². The fourth-order valence-electron chi connectivity index (χ4n) is 4.67. The Hall–Kier alpha value is -5.20. The van der Waals surface area contributed by atoms with Crippen molar-refractivity contribution in [1.82, 2.24) is 40.3 Å². The molecule has 0 fully saturated rings. The van der Waals surface area contributed by atoms with Crippen LogP contribution in [0.4, 0.5) is 17.6 Å². The molecule has 4 aromatic heterocycles. The van der Waals surface area contributed by atoms with E-state index < -0.39 is 33.1 Å². The summed E-state index contributed by atoms with van der Waals surface area (Å²) in [4.78, 5) is 16.7. The third-order valence-electron chi connectivity index (χ3n) is 7.19. The summed E-state index contributed by atoms with van der Waals surface area (Å²) in [5.74, 6) is -2.56. The van der Waals surface area contributed by atoms with Gasteiger partial charge in [-0.25, -0.2) is 40.9 Å². The van der Waals surface area contributed by atoms with Gasteiger partial charge in [-0.3, -0.25) is 10.2 Å². The van der Waals surface area contributed by atoms with Crippen LogP contribution in [0.25, 0.3) is 44.6 Å². The average molecular weight is 829 g/mol. The first kappa shape index (κ1) is 38.5. The van der Waals surface area contributed by atoms with Crippen LogP contribution in [-0.2, 0) is 22.5 Å². The van der Waals surface area contributed by atoms with Crippen LogP contribution in [0.3, 0.4) is 0 Å². The molecule has 0 spiro atoms. The van der Waals surface area contributed by atoms with Crippen molar-refractivity contribution in [1.29, 1.82) is 0 Å². The van der Waals surface area contributed by atoms with Crippen LogP contribution in [0.5, 0.6) is 0 Å². The molecule has 0 aliphatic heterocycles. The molecule has 10 nitrogen and oxygen atoms in total. The van der Waals surface area contributed by atoms with Gasteiger partial charge in [-0.05, 0) is 42.1 Å². The maximum Gasteiger partial charge on any atom is 0.248 e. The van der Waals surface area contributed by atoms with Gasteiger partial charge in [0.2, 0.25) is 15.0 Å². The van der Waals surface area contributed by atoms with E-state index in [1.165, 1.54) is 24.4 Å². The number of fused-ring (bicyclic) bond motifs is 2. The number of aromatic amines is 2. The topological polar surface area (TPSA) is 143 Å². The normalized spacial score (nSPS) is 11.2. The highest BCUT2D eigenvalue weighted by molar-refractivity contribution is 7.99. The van der Waals surface area contributed by atoms with E-state index in [1.54, 1.807) is 18.3 Å². The Kier molecular flexibility index (Phi) is 11.7. The molecule has 2 N–H and O–H groups in total. The first-order chi connectivity index (χ1) is 25.8. The van der Waals surface area contributed by atoms with E-state index in [4.69, 9.17) is 23.2 Å². The number of halogens is 6. The SMILES string of the molecule is CS(=O)(=O)c1ncc2c(-c3ccccc3Cl)[nH]nc2n1.Fc1ccc(Sc2ncc3c(-c4ccccc4Cl)[nH]nc3n2)c(F)c1.Fc1ccc([S-])c(F)c1. The minimum atomic E-state index is -3.46. The fourth-order valence-corrected chi connectivity index (χ4v) is 6.48. The average Bonchev–Trinajstić information content (AvgIpc) is 3.76. The fraction of sp³-hybridized carbons (Fsp3) is 0.0286. The van der Waals surface area contributed by atoms with E-state index >= 15 is 0 Å².